The molecule has 2 fully saturated rings. The van der Waals surface area contributed by atoms with Gasteiger partial charge in [0, 0.05) is 25.2 Å². The largest absolute Gasteiger partial charge is 0.340 e. The van der Waals surface area contributed by atoms with Crippen molar-refractivity contribution < 1.29 is 13.2 Å². The first-order valence-corrected chi connectivity index (χ1v) is 9.48. The van der Waals surface area contributed by atoms with Crippen LogP contribution in [0.4, 0.5) is 0 Å². The highest BCUT2D eigenvalue weighted by molar-refractivity contribution is 7.91. The quantitative estimate of drug-likeness (QED) is 0.837. The molecule has 1 aromatic heterocycles. The van der Waals surface area contributed by atoms with Gasteiger partial charge in [-0.1, -0.05) is 6.07 Å². The van der Waals surface area contributed by atoms with Crippen LogP contribution in [0, 0.1) is 0 Å². The molecule has 0 aromatic carbocycles. The molecular formula is C13H19N3O3S2. The number of amides is 1. The molecule has 2 saturated heterocycles. The van der Waals surface area contributed by atoms with Gasteiger partial charge in [0.25, 0.3) is 10.0 Å². The van der Waals surface area contributed by atoms with Crippen molar-refractivity contribution in [2.24, 2.45) is 0 Å². The number of likely N-dealkylation sites (tertiary alicyclic amines) is 1. The van der Waals surface area contributed by atoms with E-state index >= 15 is 0 Å². The van der Waals surface area contributed by atoms with Gasteiger partial charge in [-0.2, -0.15) is 0 Å². The zero-order chi connectivity index (χ0) is 14.9. The second-order valence-corrected chi connectivity index (χ2v) is 8.46. The lowest BCUT2D eigenvalue weighted by atomic mass is 10.1. The molecule has 2 N–H and O–H groups in total. The lowest BCUT2D eigenvalue weighted by molar-refractivity contribution is -0.130. The summed E-state index contributed by atoms with van der Waals surface area (Å²) in [5, 5.41) is 5.20. The summed E-state index contributed by atoms with van der Waals surface area (Å²) in [6.45, 7) is 1.21. The van der Waals surface area contributed by atoms with Crippen molar-refractivity contribution in [2.45, 2.75) is 35.6 Å². The summed E-state index contributed by atoms with van der Waals surface area (Å²) in [5.74, 6) is -0.149. The van der Waals surface area contributed by atoms with Crippen molar-refractivity contribution in [1.82, 2.24) is 14.9 Å². The van der Waals surface area contributed by atoms with Gasteiger partial charge >= 0.3 is 0 Å². The number of nitrogens with one attached hydrogen (secondary N) is 2. The molecule has 1 aromatic rings. The summed E-state index contributed by atoms with van der Waals surface area (Å²) in [4.78, 5) is 14.0. The van der Waals surface area contributed by atoms with Crippen molar-refractivity contribution in [3.05, 3.63) is 17.5 Å². The van der Waals surface area contributed by atoms with E-state index < -0.39 is 10.0 Å². The maximum atomic E-state index is 12.2. The molecule has 2 atom stereocenters. The van der Waals surface area contributed by atoms with Gasteiger partial charge in [0.1, 0.15) is 4.21 Å². The maximum Gasteiger partial charge on any atom is 0.250 e. The number of hydrogen-bond donors (Lipinski definition) is 2. The highest BCUT2D eigenvalue weighted by atomic mass is 32.2. The third kappa shape index (κ3) is 3.45. The number of fused-ring (bicyclic) bond motifs is 2. The van der Waals surface area contributed by atoms with Crippen LogP contribution in [0.25, 0.3) is 0 Å². The standard InChI is InChI=1S/C13H19N3O3S2/c17-12(8-14-21(18,19)13-2-1-7-20-13)16-6-5-10-3-4-11(9-16)15-10/h1-2,7,10-11,14-15H,3-6,8-9H2. The minimum atomic E-state index is -3.56. The molecule has 2 bridgehead atoms. The molecule has 2 aliphatic rings. The Morgan fingerprint density at radius 1 is 1.38 bits per heavy atom. The zero-order valence-electron chi connectivity index (χ0n) is 11.6. The summed E-state index contributed by atoms with van der Waals surface area (Å²) in [7, 11) is -3.56. The molecule has 116 valence electrons. The Bertz CT molecular complexity index is 600. The van der Waals surface area contributed by atoms with E-state index in [-0.39, 0.29) is 16.7 Å². The smallest absolute Gasteiger partial charge is 0.250 e. The lowest BCUT2D eigenvalue weighted by Gasteiger charge is -2.24. The van der Waals surface area contributed by atoms with Crippen LogP contribution >= 0.6 is 11.3 Å². The van der Waals surface area contributed by atoms with E-state index in [0.717, 1.165) is 24.2 Å². The van der Waals surface area contributed by atoms with Gasteiger partial charge in [-0.3, -0.25) is 4.79 Å². The molecule has 6 nitrogen and oxygen atoms in total. The summed E-state index contributed by atoms with van der Waals surface area (Å²) in [5.41, 5.74) is 0. The first-order valence-electron chi connectivity index (χ1n) is 7.11. The van der Waals surface area contributed by atoms with Crippen molar-refractivity contribution in [3.63, 3.8) is 0 Å². The maximum absolute atomic E-state index is 12.2. The normalized spacial score (nSPS) is 25.8. The molecule has 8 heteroatoms. The molecule has 3 heterocycles. The Labute approximate surface area is 128 Å². The van der Waals surface area contributed by atoms with E-state index in [1.54, 1.807) is 16.3 Å². The molecule has 0 aliphatic carbocycles. The first kappa shape index (κ1) is 15.0. The van der Waals surface area contributed by atoms with Crippen LogP contribution in [0.5, 0.6) is 0 Å². The molecule has 0 spiro atoms. The minimum Gasteiger partial charge on any atom is -0.340 e. The van der Waals surface area contributed by atoms with E-state index in [1.807, 2.05) is 0 Å². The molecule has 2 unspecified atom stereocenters. The fourth-order valence-corrected chi connectivity index (χ4v) is 4.94. The van der Waals surface area contributed by atoms with Gasteiger partial charge in [-0.15, -0.1) is 11.3 Å². The van der Waals surface area contributed by atoms with Crippen LogP contribution in [0.1, 0.15) is 19.3 Å². The summed E-state index contributed by atoms with van der Waals surface area (Å²) in [6.07, 6.45) is 3.22. The SMILES string of the molecule is O=C(CNS(=O)(=O)c1cccs1)N1CCC2CCC(C1)N2. The summed E-state index contributed by atoms with van der Waals surface area (Å²) < 4.78 is 26.6. The molecule has 2 aliphatic heterocycles. The molecule has 0 saturated carbocycles. The van der Waals surface area contributed by atoms with E-state index in [4.69, 9.17) is 0 Å². The van der Waals surface area contributed by atoms with Crippen LogP contribution < -0.4 is 10.0 Å². The van der Waals surface area contributed by atoms with Gasteiger partial charge in [-0.25, -0.2) is 13.1 Å². The van der Waals surface area contributed by atoms with Crippen LogP contribution in [0.3, 0.4) is 0 Å². The highest BCUT2D eigenvalue weighted by Crippen LogP contribution is 2.20. The Morgan fingerprint density at radius 3 is 2.95 bits per heavy atom. The zero-order valence-corrected chi connectivity index (χ0v) is 13.3. The Kier molecular flexibility index (Phi) is 4.30. The Morgan fingerprint density at radius 2 is 2.19 bits per heavy atom. The fraction of sp³-hybridized carbons (Fsp3) is 0.615. The van der Waals surface area contributed by atoms with Crippen LogP contribution in [0.15, 0.2) is 21.7 Å². The third-order valence-corrected chi connectivity index (χ3v) is 6.85. The number of sulfonamides is 1. The summed E-state index contributed by atoms with van der Waals surface area (Å²) >= 11 is 1.14. The van der Waals surface area contributed by atoms with Crippen molar-refractivity contribution >= 4 is 27.3 Å². The average Bonchev–Trinajstić information content (AvgIpc) is 3.06. The number of hydrogen-bond acceptors (Lipinski definition) is 5. The molecular weight excluding hydrogens is 310 g/mol. The van der Waals surface area contributed by atoms with Gasteiger partial charge in [0.2, 0.25) is 5.91 Å². The van der Waals surface area contributed by atoms with Gasteiger partial charge in [0.05, 0.1) is 6.54 Å². The predicted octanol–water partition coefficient (Wildman–Crippen LogP) is 0.379. The average molecular weight is 329 g/mol. The molecule has 0 radical (unpaired) electrons. The van der Waals surface area contributed by atoms with Crippen LogP contribution in [-0.4, -0.2) is 50.9 Å². The predicted molar refractivity (Wildman–Crippen MR) is 80.7 cm³/mol. The van der Waals surface area contributed by atoms with Crippen molar-refractivity contribution in [2.75, 3.05) is 19.6 Å². The monoisotopic (exact) mass is 329 g/mol. The third-order valence-electron chi connectivity index (χ3n) is 4.05. The highest BCUT2D eigenvalue weighted by Gasteiger charge is 2.31. The Hall–Kier alpha value is -0.960. The van der Waals surface area contributed by atoms with Gasteiger partial charge in [0.15, 0.2) is 0 Å². The van der Waals surface area contributed by atoms with Crippen molar-refractivity contribution in [1.29, 1.82) is 0 Å². The van der Waals surface area contributed by atoms with Crippen molar-refractivity contribution in [3.8, 4) is 0 Å². The molecule has 1 amide bonds. The second kappa shape index (κ2) is 6.04. The van der Waals surface area contributed by atoms with E-state index in [2.05, 4.69) is 10.0 Å². The summed E-state index contributed by atoms with van der Waals surface area (Å²) in [6, 6.07) is 4.08. The lowest BCUT2D eigenvalue weighted by Crippen LogP contribution is -2.44. The van der Waals surface area contributed by atoms with E-state index in [0.29, 0.717) is 25.2 Å². The molecule has 21 heavy (non-hydrogen) atoms. The number of carbonyl (C=O) groups is 1. The minimum absolute atomic E-state index is 0.149. The number of thiophene rings is 1. The number of rotatable bonds is 4. The van der Waals surface area contributed by atoms with Gasteiger partial charge in [-0.05, 0) is 30.7 Å². The van der Waals surface area contributed by atoms with E-state index in [9.17, 15) is 13.2 Å². The van der Waals surface area contributed by atoms with Crippen LogP contribution in [0.2, 0.25) is 0 Å². The van der Waals surface area contributed by atoms with E-state index in [1.165, 1.54) is 12.5 Å². The fourth-order valence-electron chi connectivity index (χ4n) is 2.93. The van der Waals surface area contributed by atoms with Crippen LogP contribution in [-0.2, 0) is 14.8 Å². The number of carbonyl (C=O) groups excluding carboxylic acids is 1. The van der Waals surface area contributed by atoms with Gasteiger partial charge < -0.3 is 10.2 Å². The topological polar surface area (TPSA) is 78.5 Å². The molecule has 3 rings (SSSR count). The Balaban J connectivity index is 1.57. The first-order chi connectivity index (χ1) is 10.0. The second-order valence-electron chi connectivity index (χ2n) is 5.52. The number of nitrogens with zero attached hydrogens (tertiary/aromatic N) is 1.